The maximum atomic E-state index is 12.3. The molecule has 0 atom stereocenters. The summed E-state index contributed by atoms with van der Waals surface area (Å²) in [5.74, 6) is -0.457. The fourth-order valence-corrected chi connectivity index (χ4v) is 2.69. The van der Waals surface area contributed by atoms with Crippen LogP contribution < -0.4 is 15.5 Å². The molecule has 6 heteroatoms. The summed E-state index contributed by atoms with van der Waals surface area (Å²) in [7, 11) is 0. The van der Waals surface area contributed by atoms with E-state index in [1.54, 1.807) is 29.2 Å². The van der Waals surface area contributed by atoms with Gasteiger partial charge in [0, 0.05) is 43.9 Å². The summed E-state index contributed by atoms with van der Waals surface area (Å²) in [4.78, 5) is 36.9. The number of aryl methyl sites for hydroxylation is 2. The number of rotatable bonds is 6. The third-order valence-electron chi connectivity index (χ3n) is 4.11. The maximum Gasteiger partial charge on any atom is 0.226 e. The van der Waals surface area contributed by atoms with Crippen LogP contribution in [0.1, 0.15) is 31.4 Å². The van der Waals surface area contributed by atoms with Crippen molar-refractivity contribution in [2.24, 2.45) is 0 Å². The van der Waals surface area contributed by atoms with Crippen LogP contribution in [-0.4, -0.2) is 24.3 Å². The Labute approximate surface area is 159 Å². The van der Waals surface area contributed by atoms with Crippen molar-refractivity contribution in [1.82, 2.24) is 0 Å². The predicted molar refractivity (Wildman–Crippen MR) is 108 cm³/mol. The molecule has 2 aromatic carbocycles. The maximum absolute atomic E-state index is 12.3. The molecule has 2 aromatic rings. The fraction of sp³-hybridized carbons (Fsp3) is 0.286. The minimum absolute atomic E-state index is 0.148. The number of hydrogen-bond acceptors (Lipinski definition) is 3. The molecule has 2 rings (SSSR count). The Bertz CT molecular complexity index is 844. The van der Waals surface area contributed by atoms with Gasteiger partial charge in [0.15, 0.2) is 0 Å². The van der Waals surface area contributed by atoms with Crippen molar-refractivity contribution in [2.45, 2.75) is 34.1 Å². The first-order chi connectivity index (χ1) is 12.8. The second-order valence-electron chi connectivity index (χ2n) is 6.52. The van der Waals surface area contributed by atoms with E-state index in [-0.39, 0.29) is 30.7 Å². The van der Waals surface area contributed by atoms with Gasteiger partial charge in [-0.1, -0.05) is 12.1 Å². The first kappa shape index (κ1) is 20.2. The Morgan fingerprint density at radius 1 is 0.926 bits per heavy atom. The van der Waals surface area contributed by atoms with Gasteiger partial charge in [0.1, 0.15) is 0 Å². The minimum Gasteiger partial charge on any atom is -0.326 e. The number of amides is 3. The minimum atomic E-state index is -0.158. The van der Waals surface area contributed by atoms with E-state index < -0.39 is 0 Å². The van der Waals surface area contributed by atoms with Crippen LogP contribution in [0.25, 0.3) is 0 Å². The van der Waals surface area contributed by atoms with Crippen molar-refractivity contribution in [3.8, 4) is 0 Å². The molecule has 0 aromatic heterocycles. The van der Waals surface area contributed by atoms with Crippen molar-refractivity contribution in [3.63, 3.8) is 0 Å². The van der Waals surface area contributed by atoms with Crippen molar-refractivity contribution in [2.75, 3.05) is 22.1 Å². The van der Waals surface area contributed by atoms with Gasteiger partial charge < -0.3 is 15.5 Å². The third kappa shape index (κ3) is 5.95. The number of nitrogens with one attached hydrogen (secondary N) is 2. The highest BCUT2D eigenvalue weighted by Crippen LogP contribution is 2.20. The number of nitrogens with zero attached hydrogens (tertiary/aromatic N) is 1. The summed E-state index contributed by atoms with van der Waals surface area (Å²) in [6.07, 6.45) is 0.181. The molecule has 0 fully saturated rings. The molecule has 2 N–H and O–H groups in total. The topological polar surface area (TPSA) is 78.5 Å². The zero-order chi connectivity index (χ0) is 20.0. The molecule has 0 unspecified atom stereocenters. The number of carbonyl (C=O) groups is 3. The van der Waals surface area contributed by atoms with Crippen molar-refractivity contribution in [1.29, 1.82) is 0 Å². The summed E-state index contributed by atoms with van der Waals surface area (Å²) < 4.78 is 0. The average molecular weight is 367 g/mol. The molecule has 0 heterocycles. The van der Waals surface area contributed by atoms with E-state index >= 15 is 0 Å². The second-order valence-corrected chi connectivity index (χ2v) is 6.52. The fourth-order valence-electron chi connectivity index (χ4n) is 2.69. The standard InChI is InChI=1S/C21H25N3O3/c1-14-5-6-15(2)20(13-14)23-21(27)11-12-24(17(4)26)19-9-7-18(8-10-19)22-16(3)25/h5-10,13H,11-12H2,1-4H3,(H,22,25)(H,23,27). The van der Waals surface area contributed by atoms with Crippen LogP contribution in [0.2, 0.25) is 0 Å². The first-order valence-electron chi connectivity index (χ1n) is 8.79. The SMILES string of the molecule is CC(=O)Nc1ccc(N(CCC(=O)Nc2cc(C)ccc2C)C(C)=O)cc1. The zero-order valence-corrected chi connectivity index (χ0v) is 16.1. The van der Waals surface area contributed by atoms with E-state index in [4.69, 9.17) is 0 Å². The molecule has 0 saturated heterocycles. The highest BCUT2D eigenvalue weighted by atomic mass is 16.2. The van der Waals surface area contributed by atoms with Crippen LogP contribution in [0.3, 0.4) is 0 Å². The molecule has 0 bridgehead atoms. The molecule has 0 radical (unpaired) electrons. The van der Waals surface area contributed by atoms with Gasteiger partial charge in [-0.2, -0.15) is 0 Å². The molecule has 0 aliphatic heterocycles. The molecule has 0 aliphatic carbocycles. The summed E-state index contributed by atoms with van der Waals surface area (Å²) in [6, 6.07) is 12.8. The summed E-state index contributed by atoms with van der Waals surface area (Å²) in [6.45, 7) is 7.07. The Morgan fingerprint density at radius 2 is 1.59 bits per heavy atom. The molecule has 0 spiro atoms. The normalized spacial score (nSPS) is 10.2. The van der Waals surface area contributed by atoms with Gasteiger partial charge in [0.05, 0.1) is 0 Å². The Morgan fingerprint density at radius 3 is 2.19 bits per heavy atom. The molecule has 27 heavy (non-hydrogen) atoms. The smallest absolute Gasteiger partial charge is 0.226 e. The van der Waals surface area contributed by atoms with E-state index in [1.807, 2.05) is 32.0 Å². The van der Waals surface area contributed by atoms with E-state index in [0.29, 0.717) is 11.4 Å². The molecular weight excluding hydrogens is 342 g/mol. The van der Waals surface area contributed by atoms with Gasteiger partial charge >= 0.3 is 0 Å². The zero-order valence-electron chi connectivity index (χ0n) is 16.1. The number of carbonyl (C=O) groups excluding carboxylic acids is 3. The monoisotopic (exact) mass is 367 g/mol. The number of hydrogen-bond donors (Lipinski definition) is 2. The lowest BCUT2D eigenvalue weighted by molar-refractivity contribution is -0.117. The molecule has 0 aliphatic rings. The predicted octanol–water partition coefficient (Wildman–Crippen LogP) is 3.64. The van der Waals surface area contributed by atoms with Crippen LogP contribution in [0.5, 0.6) is 0 Å². The Balaban J connectivity index is 2.01. The summed E-state index contributed by atoms with van der Waals surface area (Å²) >= 11 is 0. The molecular formula is C21H25N3O3. The lowest BCUT2D eigenvalue weighted by atomic mass is 10.1. The lowest BCUT2D eigenvalue weighted by Gasteiger charge is -2.21. The van der Waals surface area contributed by atoms with Crippen LogP contribution in [-0.2, 0) is 14.4 Å². The van der Waals surface area contributed by atoms with Gasteiger partial charge in [-0.15, -0.1) is 0 Å². The molecule has 3 amide bonds. The van der Waals surface area contributed by atoms with E-state index in [0.717, 1.165) is 16.8 Å². The van der Waals surface area contributed by atoms with Gasteiger partial charge in [-0.25, -0.2) is 0 Å². The summed E-state index contributed by atoms with van der Waals surface area (Å²) in [5.41, 5.74) is 4.18. The van der Waals surface area contributed by atoms with E-state index in [2.05, 4.69) is 10.6 Å². The van der Waals surface area contributed by atoms with Crippen molar-refractivity contribution in [3.05, 3.63) is 53.6 Å². The van der Waals surface area contributed by atoms with Crippen LogP contribution in [0.15, 0.2) is 42.5 Å². The van der Waals surface area contributed by atoms with Gasteiger partial charge in [0.2, 0.25) is 17.7 Å². The molecule has 0 saturated carbocycles. The van der Waals surface area contributed by atoms with Crippen molar-refractivity contribution < 1.29 is 14.4 Å². The van der Waals surface area contributed by atoms with Crippen LogP contribution in [0, 0.1) is 13.8 Å². The van der Waals surface area contributed by atoms with E-state index in [9.17, 15) is 14.4 Å². The Hall–Kier alpha value is -3.15. The number of anilines is 3. The average Bonchev–Trinajstić information content (AvgIpc) is 2.59. The Kier molecular flexibility index (Phi) is 6.71. The van der Waals surface area contributed by atoms with Crippen LogP contribution >= 0.6 is 0 Å². The molecule has 6 nitrogen and oxygen atoms in total. The molecule has 142 valence electrons. The third-order valence-corrected chi connectivity index (χ3v) is 4.11. The quantitative estimate of drug-likeness (QED) is 0.818. The lowest BCUT2D eigenvalue weighted by Crippen LogP contribution is -2.32. The second kappa shape index (κ2) is 8.98. The number of benzene rings is 2. The van der Waals surface area contributed by atoms with Gasteiger partial charge in [0.25, 0.3) is 0 Å². The first-order valence-corrected chi connectivity index (χ1v) is 8.79. The highest BCUT2D eigenvalue weighted by molar-refractivity contribution is 5.95. The van der Waals surface area contributed by atoms with E-state index in [1.165, 1.54) is 13.8 Å². The van der Waals surface area contributed by atoms with Crippen molar-refractivity contribution >= 4 is 34.8 Å². The van der Waals surface area contributed by atoms with Gasteiger partial charge in [-0.05, 0) is 55.3 Å². The van der Waals surface area contributed by atoms with Gasteiger partial charge in [-0.3, -0.25) is 14.4 Å². The highest BCUT2D eigenvalue weighted by Gasteiger charge is 2.14. The largest absolute Gasteiger partial charge is 0.326 e. The van der Waals surface area contributed by atoms with Crippen LogP contribution in [0.4, 0.5) is 17.1 Å². The summed E-state index contributed by atoms with van der Waals surface area (Å²) in [5, 5.41) is 5.58.